The van der Waals surface area contributed by atoms with Gasteiger partial charge in [-0.1, -0.05) is 0 Å². The maximum Gasteiger partial charge on any atom is 0.400 e. The van der Waals surface area contributed by atoms with E-state index in [0.717, 1.165) is 12.3 Å². The lowest BCUT2D eigenvalue weighted by molar-refractivity contribution is -0.180. The second kappa shape index (κ2) is 4.97. The fraction of sp³-hybridized carbons (Fsp3) is 0.500. The van der Waals surface area contributed by atoms with Crippen molar-refractivity contribution in [3.05, 3.63) is 24.0 Å². The number of hydrogen-bond donors (Lipinski definition) is 0. The van der Waals surface area contributed by atoms with Crippen LogP contribution in [0.15, 0.2) is 18.3 Å². The van der Waals surface area contributed by atoms with E-state index in [-0.39, 0.29) is 5.75 Å². The van der Waals surface area contributed by atoms with E-state index in [0.29, 0.717) is 6.92 Å². The molecule has 9 heteroatoms. The molecule has 0 saturated heterocycles. The van der Waals surface area contributed by atoms with Crippen molar-refractivity contribution in [1.82, 2.24) is 4.98 Å². The second-order valence-corrected chi connectivity index (χ2v) is 5.52. The predicted octanol–water partition coefficient (Wildman–Crippen LogP) is 1.46. The van der Waals surface area contributed by atoms with Crippen molar-refractivity contribution in [2.75, 3.05) is 12.9 Å². The third kappa shape index (κ3) is 3.57. The van der Waals surface area contributed by atoms with Crippen molar-refractivity contribution in [1.29, 1.82) is 0 Å². The number of alkyl halides is 3. The summed E-state index contributed by atoms with van der Waals surface area (Å²) in [5.74, 6) is -1.39. The summed E-state index contributed by atoms with van der Waals surface area (Å²) in [6.07, 6.45) is -3.90. The molecule has 108 valence electrons. The smallest absolute Gasteiger partial charge is 0.400 e. The average Bonchev–Trinajstić information content (AvgIpc) is 2.25. The topological polar surface area (TPSA) is 79.3 Å². The number of ether oxygens (including phenoxy) is 1. The maximum absolute atomic E-state index is 13.0. The van der Waals surface area contributed by atoms with Crippen molar-refractivity contribution >= 4 is 10.1 Å². The normalized spacial score (nSPS) is 15.9. The first-order chi connectivity index (χ1) is 8.49. The number of rotatable bonds is 4. The van der Waals surface area contributed by atoms with Gasteiger partial charge in [0.2, 0.25) is 0 Å². The van der Waals surface area contributed by atoms with Gasteiger partial charge < -0.3 is 9.29 Å². The molecule has 0 aromatic carbocycles. The zero-order valence-corrected chi connectivity index (χ0v) is 10.9. The molecule has 0 aliphatic carbocycles. The van der Waals surface area contributed by atoms with Crippen LogP contribution in [0.4, 0.5) is 13.2 Å². The number of methoxy groups -OCH3 is 1. The molecule has 19 heavy (non-hydrogen) atoms. The van der Waals surface area contributed by atoms with Crippen molar-refractivity contribution < 1.29 is 30.9 Å². The molecule has 0 saturated carbocycles. The molecule has 5 nitrogen and oxygen atoms in total. The van der Waals surface area contributed by atoms with Gasteiger partial charge in [0, 0.05) is 0 Å². The number of aromatic nitrogens is 1. The third-order valence-electron chi connectivity index (χ3n) is 2.63. The van der Waals surface area contributed by atoms with Crippen molar-refractivity contribution in [3.8, 4) is 5.75 Å². The van der Waals surface area contributed by atoms with Gasteiger partial charge in [0.1, 0.15) is 11.2 Å². The molecule has 0 N–H and O–H groups in total. The summed E-state index contributed by atoms with van der Waals surface area (Å²) in [4.78, 5) is 3.52. The molecule has 0 fully saturated rings. The van der Waals surface area contributed by atoms with Crippen LogP contribution in [0.25, 0.3) is 0 Å². The Kier molecular flexibility index (Phi) is 4.11. The first-order valence-electron chi connectivity index (χ1n) is 5.00. The summed E-state index contributed by atoms with van der Waals surface area (Å²) in [5.41, 5.74) is -3.42. The molecule has 0 bridgehead atoms. The van der Waals surface area contributed by atoms with E-state index in [9.17, 15) is 26.1 Å². The van der Waals surface area contributed by atoms with Gasteiger partial charge in [-0.2, -0.15) is 13.2 Å². The largest absolute Gasteiger partial charge is 0.748 e. The summed E-state index contributed by atoms with van der Waals surface area (Å²) >= 11 is 0. The Hall–Kier alpha value is -1.35. The Morgan fingerprint density at radius 1 is 1.37 bits per heavy atom. The van der Waals surface area contributed by atoms with Gasteiger partial charge in [-0.15, -0.1) is 0 Å². The SMILES string of the molecule is COc1ccc(C(C)(CS(=O)(=O)[O-])C(F)(F)F)nc1. The molecule has 1 rings (SSSR count). The van der Waals surface area contributed by atoms with Crippen LogP contribution in [-0.2, 0) is 15.5 Å². The van der Waals surface area contributed by atoms with Crippen LogP contribution in [0.1, 0.15) is 12.6 Å². The zero-order valence-electron chi connectivity index (χ0n) is 10.1. The lowest BCUT2D eigenvalue weighted by Crippen LogP contribution is -2.45. The van der Waals surface area contributed by atoms with Gasteiger partial charge in [0.25, 0.3) is 0 Å². The lowest BCUT2D eigenvalue weighted by atomic mass is 9.87. The van der Waals surface area contributed by atoms with E-state index in [1.807, 2.05) is 0 Å². The Morgan fingerprint density at radius 2 is 1.95 bits per heavy atom. The molecule has 0 amide bonds. The third-order valence-corrected chi connectivity index (χ3v) is 3.56. The van der Waals surface area contributed by atoms with Crippen molar-refractivity contribution in [2.45, 2.75) is 18.5 Å². The summed E-state index contributed by atoms with van der Waals surface area (Å²) in [7, 11) is -3.76. The van der Waals surface area contributed by atoms with Crippen LogP contribution in [0.5, 0.6) is 5.75 Å². The van der Waals surface area contributed by atoms with Gasteiger partial charge in [-0.25, -0.2) is 8.42 Å². The molecule has 1 aromatic heterocycles. The Morgan fingerprint density at radius 3 is 2.26 bits per heavy atom. The molecule has 0 aliphatic rings. The van der Waals surface area contributed by atoms with Gasteiger partial charge in [0.05, 0.1) is 34.9 Å². The standard InChI is InChI=1S/C10H12F3NO4S/c1-9(10(11,12)13,6-19(15,16)17)8-4-3-7(18-2)5-14-8/h3-5H,6H2,1-2H3,(H,15,16,17)/p-1. The predicted molar refractivity (Wildman–Crippen MR) is 58.8 cm³/mol. The Balaban J connectivity index is 3.31. The van der Waals surface area contributed by atoms with E-state index in [4.69, 9.17) is 4.74 Å². The van der Waals surface area contributed by atoms with E-state index in [1.54, 1.807) is 0 Å². The van der Waals surface area contributed by atoms with Gasteiger partial charge in [0.15, 0.2) is 0 Å². The van der Waals surface area contributed by atoms with Crippen LogP contribution >= 0.6 is 0 Å². The lowest BCUT2D eigenvalue weighted by Gasteiger charge is -2.32. The van der Waals surface area contributed by atoms with Gasteiger partial charge >= 0.3 is 6.18 Å². The monoisotopic (exact) mass is 298 g/mol. The fourth-order valence-electron chi connectivity index (χ4n) is 1.48. The molecule has 1 atom stereocenters. The van der Waals surface area contributed by atoms with Gasteiger partial charge in [-0.3, -0.25) is 4.98 Å². The first-order valence-corrected chi connectivity index (χ1v) is 6.58. The summed E-state index contributed by atoms with van der Waals surface area (Å²) in [5, 5.41) is 0. The highest BCUT2D eigenvalue weighted by molar-refractivity contribution is 7.85. The van der Waals surface area contributed by atoms with Crippen LogP contribution < -0.4 is 4.74 Å². The van der Waals surface area contributed by atoms with E-state index in [2.05, 4.69) is 4.98 Å². The molecule has 0 aliphatic heterocycles. The van der Waals surface area contributed by atoms with Crippen LogP contribution in [-0.4, -0.2) is 37.0 Å². The number of halogens is 3. The van der Waals surface area contributed by atoms with E-state index >= 15 is 0 Å². The molecule has 1 unspecified atom stereocenters. The number of hydrogen-bond acceptors (Lipinski definition) is 5. The number of nitrogens with zero attached hydrogens (tertiary/aromatic N) is 1. The summed E-state index contributed by atoms with van der Waals surface area (Å²) < 4.78 is 75.9. The maximum atomic E-state index is 13.0. The molecule has 1 heterocycles. The molecular weight excluding hydrogens is 287 g/mol. The van der Waals surface area contributed by atoms with Crippen LogP contribution in [0.2, 0.25) is 0 Å². The molecular formula is C10H11F3NO4S-. The summed E-state index contributed by atoms with van der Waals surface area (Å²) in [6, 6.07) is 2.20. The minimum absolute atomic E-state index is 0.221. The Labute approximate surface area is 108 Å². The second-order valence-electron chi connectivity index (χ2n) is 4.12. The zero-order chi connectivity index (χ0) is 14.9. The minimum atomic E-state index is -5.07. The average molecular weight is 298 g/mol. The number of pyridine rings is 1. The first kappa shape index (κ1) is 15.7. The fourth-order valence-corrected chi connectivity index (χ4v) is 2.50. The quantitative estimate of drug-likeness (QED) is 0.786. The molecule has 0 spiro atoms. The highest BCUT2D eigenvalue weighted by Crippen LogP contribution is 2.41. The summed E-state index contributed by atoms with van der Waals surface area (Å²) in [6.45, 7) is 0.622. The highest BCUT2D eigenvalue weighted by atomic mass is 32.2. The van der Waals surface area contributed by atoms with Crippen LogP contribution in [0.3, 0.4) is 0 Å². The van der Waals surface area contributed by atoms with Crippen molar-refractivity contribution in [3.63, 3.8) is 0 Å². The highest BCUT2D eigenvalue weighted by Gasteiger charge is 2.54. The van der Waals surface area contributed by atoms with E-state index in [1.165, 1.54) is 13.2 Å². The Bertz CT molecular complexity index is 541. The molecule has 1 aromatic rings. The minimum Gasteiger partial charge on any atom is -0.748 e. The molecule has 0 radical (unpaired) electrons. The van der Waals surface area contributed by atoms with Crippen molar-refractivity contribution in [2.24, 2.45) is 0 Å². The van der Waals surface area contributed by atoms with Gasteiger partial charge in [-0.05, 0) is 19.1 Å². The van der Waals surface area contributed by atoms with E-state index < -0.39 is 33.2 Å². The van der Waals surface area contributed by atoms with Crippen LogP contribution in [0, 0.1) is 0 Å².